The molecule has 6 heteroatoms. The molecule has 1 aromatic carbocycles. The van der Waals surface area contributed by atoms with Crippen molar-refractivity contribution in [2.45, 2.75) is 34.2 Å². The molecule has 0 N–H and O–H groups in total. The lowest BCUT2D eigenvalue weighted by atomic mass is 10.00. The Bertz CT molecular complexity index is 780. The van der Waals surface area contributed by atoms with Crippen molar-refractivity contribution in [3.63, 3.8) is 0 Å². The van der Waals surface area contributed by atoms with Crippen LogP contribution in [0.2, 0.25) is 0 Å². The van der Waals surface area contributed by atoms with E-state index in [9.17, 15) is 9.59 Å². The van der Waals surface area contributed by atoms with Crippen LogP contribution >= 0.6 is 0 Å². The average molecular weight is 373 g/mol. The minimum absolute atomic E-state index is 0.156. The molecule has 2 aromatic rings. The van der Waals surface area contributed by atoms with Gasteiger partial charge in [0.15, 0.2) is 0 Å². The number of esters is 2. The quantitative estimate of drug-likeness (QED) is 0.493. The van der Waals surface area contributed by atoms with Gasteiger partial charge in [-0.3, -0.25) is 0 Å². The fraction of sp³-hybridized carbons (Fsp3) is 0.429. The molecule has 1 heterocycles. The molecule has 0 spiro atoms. The van der Waals surface area contributed by atoms with Crippen LogP contribution in [0, 0.1) is 6.92 Å². The van der Waals surface area contributed by atoms with E-state index in [2.05, 4.69) is 0 Å². The molecule has 146 valence electrons. The van der Waals surface area contributed by atoms with Gasteiger partial charge in [-0.05, 0) is 33.3 Å². The van der Waals surface area contributed by atoms with Gasteiger partial charge in [-0.25, -0.2) is 9.59 Å². The lowest BCUT2D eigenvalue weighted by molar-refractivity contribution is 0.0325. The molecule has 0 atom stereocenters. The summed E-state index contributed by atoms with van der Waals surface area (Å²) in [4.78, 5) is 25.5. The lowest BCUT2D eigenvalue weighted by Crippen LogP contribution is -2.16. The smallest absolute Gasteiger partial charge is 0.355 e. The normalized spacial score (nSPS) is 10.7. The Balaban J connectivity index is 2.57. The average Bonchev–Trinajstić information content (AvgIpc) is 2.98. The summed E-state index contributed by atoms with van der Waals surface area (Å²) in [6, 6.07) is 9.36. The Labute approximate surface area is 160 Å². The third-order valence-electron chi connectivity index (χ3n) is 4.24. The monoisotopic (exact) mass is 373 g/mol. The highest BCUT2D eigenvalue weighted by atomic mass is 16.6. The molecule has 0 unspecified atom stereocenters. The molecule has 0 aliphatic heterocycles. The zero-order valence-electron chi connectivity index (χ0n) is 16.4. The largest absolute Gasteiger partial charge is 0.462 e. The summed E-state index contributed by atoms with van der Waals surface area (Å²) >= 11 is 0. The van der Waals surface area contributed by atoms with E-state index in [0.29, 0.717) is 42.3 Å². The van der Waals surface area contributed by atoms with Crippen LogP contribution in [-0.2, 0) is 20.8 Å². The van der Waals surface area contributed by atoms with E-state index < -0.39 is 11.9 Å². The molecule has 1 aromatic heterocycles. The van der Waals surface area contributed by atoms with Gasteiger partial charge in [-0.1, -0.05) is 30.3 Å². The summed E-state index contributed by atoms with van der Waals surface area (Å²) in [7, 11) is 0. The first-order valence-electron chi connectivity index (χ1n) is 9.27. The first kappa shape index (κ1) is 20.7. The maximum absolute atomic E-state index is 12.9. The SMILES string of the molecule is CCOCCOC(=O)c1c(-c2ccccc2)c(C(=O)OCC)c(C)n1CC. The van der Waals surface area contributed by atoms with Crippen molar-refractivity contribution in [3.8, 4) is 11.1 Å². The number of hydrogen-bond donors (Lipinski definition) is 0. The van der Waals surface area contributed by atoms with Gasteiger partial charge in [0.1, 0.15) is 12.3 Å². The van der Waals surface area contributed by atoms with E-state index >= 15 is 0 Å². The zero-order valence-corrected chi connectivity index (χ0v) is 16.4. The topological polar surface area (TPSA) is 66.8 Å². The van der Waals surface area contributed by atoms with Gasteiger partial charge in [-0.15, -0.1) is 0 Å². The summed E-state index contributed by atoms with van der Waals surface area (Å²) in [6.45, 7) is 9.22. The minimum atomic E-state index is -0.478. The highest BCUT2D eigenvalue weighted by Gasteiger charge is 2.30. The van der Waals surface area contributed by atoms with Crippen molar-refractivity contribution in [2.75, 3.05) is 26.4 Å². The molecule has 6 nitrogen and oxygen atoms in total. The molecule has 2 rings (SSSR count). The van der Waals surface area contributed by atoms with Gasteiger partial charge >= 0.3 is 11.9 Å². The Morgan fingerprint density at radius 3 is 2.22 bits per heavy atom. The van der Waals surface area contributed by atoms with E-state index in [1.54, 1.807) is 11.5 Å². The van der Waals surface area contributed by atoms with Gasteiger partial charge in [0, 0.05) is 24.4 Å². The second-order valence-corrected chi connectivity index (χ2v) is 5.85. The number of rotatable bonds is 9. The number of ether oxygens (including phenoxy) is 3. The van der Waals surface area contributed by atoms with Gasteiger partial charge in [0.25, 0.3) is 0 Å². The van der Waals surface area contributed by atoms with Gasteiger partial charge < -0.3 is 18.8 Å². The Morgan fingerprint density at radius 1 is 0.926 bits per heavy atom. The first-order chi connectivity index (χ1) is 13.1. The molecular formula is C21H27NO5. The van der Waals surface area contributed by atoms with Crippen LogP contribution in [0.5, 0.6) is 0 Å². The van der Waals surface area contributed by atoms with Crippen LogP contribution < -0.4 is 0 Å². The zero-order chi connectivity index (χ0) is 19.8. The maximum atomic E-state index is 12.9. The van der Waals surface area contributed by atoms with E-state index in [1.807, 2.05) is 51.1 Å². The number of carbonyl (C=O) groups excluding carboxylic acids is 2. The minimum Gasteiger partial charge on any atom is -0.462 e. The lowest BCUT2D eigenvalue weighted by Gasteiger charge is -2.11. The third kappa shape index (κ3) is 4.57. The van der Waals surface area contributed by atoms with Crippen LogP contribution in [-0.4, -0.2) is 42.9 Å². The maximum Gasteiger partial charge on any atom is 0.355 e. The molecular weight excluding hydrogens is 346 g/mol. The molecule has 0 aliphatic rings. The van der Waals surface area contributed by atoms with Crippen molar-refractivity contribution in [3.05, 3.63) is 47.3 Å². The van der Waals surface area contributed by atoms with Crippen molar-refractivity contribution in [1.82, 2.24) is 4.57 Å². The van der Waals surface area contributed by atoms with Crippen LogP contribution in [0.15, 0.2) is 30.3 Å². The Kier molecular flexibility index (Phi) is 7.61. The molecule has 0 amide bonds. The van der Waals surface area contributed by atoms with Gasteiger partial charge in [0.2, 0.25) is 0 Å². The Morgan fingerprint density at radius 2 is 1.63 bits per heavy atom. The van der Waals surface area contributed by atoms with Crippen molar-refractivity contribution < 1.29 is 23.8 Å². The summed E-state index contributed by atoms with van der Waals surface area (Å²) in [5.41, 5.74) is 2.77. The highest BCUT2D eigenvalue weighted by molar-refractivity contribution is 6.06. The molecule has 0 aliphatic carbocycles. The number of carbonyl (C=O) groups is 2. The number of benzene rings is 1. The van der Waals surface area contributed by atoms with Crippen LogP contribution in [0.1, 0.15) is 47.3 Å². The predicted octanol–water partition coefficient (Wildman–Crippen LogP) is 3.85. The second kappa shape index (κ2) is 9.92. The van der Waals surface area contributed by atoms with Crippen LogP contribution in [0.3, 0.4) is 0 Å². The van der Waals surface area contributed by atoms with Gasteiger partial charge in [-0.2, -0.15) is 0 Å². The van der Waals surface area contributed by atoms with Crippen molar-refractivity contribution in [2.24, 2.45) is 0 Å². The van der Waals surface area contributed by atoms with E-state index in [-0.39, 0.29) is 13.2 Å². The fourth-order valence-electron chi connectivity index (χ4n) is 3.09. The summed E-state index contributed by atoms with van der Waals surface area (Å²) in [6.07, 6.45) is 0. The Hall–Kier alpha value is -2.60. The second-order valence-electron chi connectivity index (χ2n) is 5.85. The summed E-state index contributed by atoms with van der Waals surface area (Å²) in [5, 5.41) is 0. The molecule has 0 bridgehead atoms. The van der Waals surface area contributed by atoms with Crippen LogP contribution in [0.4, 0.5) is 0 Å². The van der Waals surface area contributed by atoms with Gasteiger partial charge in [0.05, 0.1) is 18.8 Å². The van der Waals surface area contributed by atoms with Crippen molar-refractivity contribution in [1.29, 1.82) is 0 Å². The number of aromatic nitrogens is 1. The predicted molar refractivity (Wildman–Crippen MR) is 103 cm³/mol. The standard InChI is InChI=1S/C21H27NO5/c1-5-22-15(4)17(20(23)26-7-3)18(16-11-9-8-10-12-16)19(22)21(24)27-14-13-25-6-2/h8-12H,5-7,13-14H2,1-4H3. The van der Waals surface area contributed by atoms with Crippen LogP contribution in [0.25, 0.3) is 11.1 Å². The molecule has 0 saturated carbocycles. The third-order valence-corrected chi connectivity index (χ3v) is 4.24. The molecule has 0 saturated heterocycles. The van der Waals surface area contributed by atoms with E-state index in [0.717, 1.165) is 5.56 Å². The molecule has 0 fully saturated rings. The molecule has 0 radical (unpaired) electrons. The summed E-state index contributed by atoms with van der Waals surface area (Å²) in [5.74, 6) is -0.918. The summed E-state index contributed by atoms with van der Waals surface area (Å²) < 4.78 is 17.7. The first-order valence-corrected chi connectivity index (χ1v) is 9.27. The number of hydrogen-bond acceptors (Lipinski definition) is 5. The van der Waals surface area contributed by atoms with E-state index in [4.69, 9.17) is 14.2 Å². The fourth-order valence-corrected chi connectivity index (χ4v) is 3.09. The highest BCUT2D eigenvalue weighted by Crippen LogP contribution is 2.34. The molecule has 27 heavy (non-hydrogen) atoms. The number of nitrogens with zero attached hydrogens (tertiary/aromatic N) is 1. The van der Waals surface area contributed by atoms with E-state index in [1.165, 1.54) is 0 Å². The van der Waals surface area contributed by atoms with Crippen molar-refractivity contribution >= 4 is 11.9 Å².